The fourth-order valence-corrected chi connectivity index (χ4v) is 1.81. The standard InChI is InChI=1S/C12H26N2O/c1-11(2,3)14-8-7-13-10-12(4-5-12)6-9-15/h13-15H,4-10H2,1-3H3. The molecule has 15 heavy (non-hydrogen) atoms. The van der Waals surface area contributed by atoms with Crippen molar-refractivity contribution in [2.75, 3.05) is 26.2 Å². The number of hydrogen-bond acceptors (Lipinski definition) is 3. The smallest absolute Gasteiger partial charge is 0.0436 e. The minimum atomic E-state index is 0.212. The van der Waals surface area contributed by atoms with Gasteiger partial charge in [0, 0.05) is 31.8 Å². The summed E-state index contributed by atoms with van der Waals surface area (Å²) in [6, 6.07) is 0. The van der Waals surface area contributed by atoms with Crippen LogP contribution in [0.1, 0.15) is 40.0 Å². The highest BCUT2D eigenvalue weighted by atomic mass is 16.3. The number of aliphatic hydroxyl groups is 1. The van der Waals surface area contributed by atoms with Gasteiger partial charge in [-0.15, -0.1) is 0 Å². The lowest BCUT2D eigenvalue weighted by molar-refractivity contribution is 0.245. The molecular formula is C12H26N2O. The third-order valence-electron chi connectivity index (χ3n) is 3.06. The van der Waals surface area contributed by atoms with Crippen LogP contribution in [0, 0.1) is 5.41 Å². The van der Waals surface area contributed by atoms with E-state index in [9.17, 15) is 0 Å². The van der Waals surface area contributed by atoms with Gasteiger partial charge in [0.15, 0.2) is 0 Å². The number of aliphatic hydroxyl groups excluding tert-OH is 1. The fraction of sp³-hybridized carbons (Fsp3) is 1.00. The topological polar surface area (TPSA) is 44.3 Å². The predicted molar refractivity (Wildman–Crippen MR) is 64.0 cm³/mol. The van der Waals surface area contributed by atoms with Crippen LogP contribution in [-0.4, -0.2) is 36.9 Å². The van der Waals surface area contributed by atoms with E-state index in [1.54, 1.807) is 0 Å². The Morgan fingerprint density at radius 3 is 2.33 bits per heavy atom. The zero-order valence-corrected chi connectivity index (χ0v) is 10.4. The van der Waals surface area contributed by atoms with Gasteiger partial charge < -0.3 is 15.7 Å². The van der Waals surface area contributed by atoms with Crippen LogP contribution in [0.5, 0.6) is 0 Å². The monoisotopic (exact) mass is 214 g/mol. The molecule has 1 aliphatic rings. The summed E-state index contributed by atoms with van der Waals surface area (Å²) in [5.41, 5.74) is 0.653. The second-order valence-electron chi connectivity index (χ2n) is 5.83. The molecule has 0 aliphatic heterocycles. The lowest BCUT2D eigenvalue weighted by atomic mass is 10.0. The molecule has 90 valence electrons. The van der Waals surface area contributed by atoms with Crippen molar-refractivity contribution in [2.45, 2.75) is 45.6 Å². The summed E-state index contributed by atoms with van der Waals surface area (Å²) in [4.78, 5) is 0. The van der Waals surface area contributed by atoms with Crippen molar-refractivity contribution in [3.63, 3.8) is 0 Å². The second kappa shape index (κ2) is 5.28. The zero-order chi connectivity index (χ0) is 11.4. The van der Waals surface area contributed by atoms with Gasteiger partial charge in [0.25, 0.3) is 0 Å². The number of rotatable bonds is 7. The largest absolute Gasteiger partial charge is 0.396 e. The van der Waals surface area contributed by atoms with Gasteiger partial charge in [-0.05, 0) is 45.4 Å². The van der Waals surface area contributed by atoms with Gasteiger partial charge in [-0.1, -0.05) is 0 Å². The van der Waals surface area contributed by atoms with E-state index in [1.807, 2.05) is 0 Å². The minimum absolute atomic E-state index is 0.212. The summed E-state index contributed by atoms with van der Waals surface area (Å²) in [5.74, 6) is 0. The SMILES string of the molecule is CC(C)(C)NCCNCC1(CCO)CC1. The Hall–Kier alpha value is -0.120. The van der Waals surface area contributed by atoms with Gasteiger partial charge in [0.1, 0.15) is 0 Å². The molecule has 0 amide bonds. The molecule has 0 aromatic heterocycles. The molecule has 0 aromatic carbocycles. The van der Waals surface area contributed by atoms with E-state index in [1.165, 1.54) is 12.8 Å². The van der Waals surface area contributed by atoms with Crippen molar-refractivity contribution in [1.29, 1.82) is 0 Å². The molecule has 0 aromatic rings. The van der Waals surface area contributed by atoms with Gasteiger partial charge in [-0.3, -0.25) is 0 Å². The van der Waals surface area contributed by atoms with E-state index in [2.05, 4.69) is 31.4 Å². The molecule has 3 N–H and O–H groups in total. The maximum absolute atomic E-state index is 8.91. The van der Waals surface area contributed by atoms with E-state index >= 15 is 0 Å². The first-order chi connectivity index (χ1) is 6.97. The highest BCUT2D eigenvalue weighted by molar-refractivity contribution is 4.94. The zero-order valence-electron chi connectivity index (χ0n) is 10.4. The predicted octanol–water partition coefficient (Wildman–Crippen LogP) is 1.13. The van der Waals surface area contributed by atoms with E-state index in [0.29, 0.717) is 12.0 Å². The van der Waals surface area contributed by atoms with Crippen LogP contribution in [0.15, 0.2) is 0 Å². The molecule has 0 bridgehead atoms. The summed E-state index contributed by atoms with van der Waals surface area (Å²) in [5, 5.41) is 15.8. The molecule has 1 saturated carbocycles. The second-order valence-corrected chi connectivity index (χ2v) is 5.83. The Morgan fingerprint density at radius 1 is 1.20 bits per heavy atom. The number of hydrogen-bond donors (Lipinski definition) is 3. The van der Waals surface area contributed by atoms with Crippen LogP contribution in [-0.2, 0) is 0 Å². The number of nitrogens with one attached hydrogen (secondary N) is 2. The van der Waals surface area contributed by atoms with Crippen LogP contribution >= 0.6 is 0 Å². The Balaban J connectivity index is 1.98. The van der Waals surface area contributed by atoms with Crippen molar-refractivity contribution in [2.24, 2.45) is 5.41 Å². The van der Waals surface area contributed by atoms with E-state index in [0.717, 1.165) is 26.1 Å². The van der Waals surface area contributed by atoms with Crippen LogP contribution in [0.2, 0.25) is 0 Å². The summed E-state index contributed by atoms with van der Waals surface area (Å²) in [7, 11) is 0. The molecule has 3 heteroatoms. The third kappa shape index (κ3) is 5.50. The summed E-state index contributed by atoms with van der Waals surface area (Å²) >= 11 is 0. The lowest BCUT2D eigenvalue weighted by Gasteiger charge is -2.21. The first kappa shape index (κ1) is 12.9. The van der Waals surface area contributed by atoms with Crippen LogP contribution in [0.25, 0.3) is 0 Å². The van der Waals surface area contributed by atoms with Gasteiger partial charge >= 0.3 is 0 Å². The van der Waals surface area contributed by atoms with Gasteiger partial charge in [0.05, 0.1) is 0 Å². The van der Waals surface area contributed by atoms with Crippen molar-refractivity contribution in [3.05, 3.63) is 0 Å². The van der Waals surface area contributed by atoms with E-state index in [-0.39, 0.29) is 5.54 Å². The quantitative estimate of drug-likeness (QED) is 0.557. The van der Waals surface area contributed by atoms with Crippen molar-refractivity contribution >= 4 is 0 Å². The molecule has 0 radical (unpaired) electrons. The van der Waals surface area contributed by atoms with Crippen molar-refractivity contribution in [1.82, 2.24) is 10.6 Å². The van der Waals surface area contributed by atoms with E-state index in [4.69, 9.17) is 5.11 Å². The van der Waals surface area contributed by atoms with Crippen LogP contribution < -0.4 is 10.6 Å². The molecule has 1 rings (SSSR count). The molecule has 0 spiro atoms. The van der Waals surface area contributed by atoms with Crippen LogP contribution in [0.4, 0.5) is 0 Å². The average Bonchev–Trinajstić information content (AvgIpc) is 2.83. The highest BCUT2D eigenvalue weighted by Gasteiger charge is 2.41. The van der Waals surface area contributed by atoms with Gasteiger partial charge in [-0.2, -0.15) is 0 Å². The van der Waals surface area contributed by atoms with E-state index < -0.39 is 0 Å². The molecule has 1 fully saturated rings. The van der Waals surface area contributed by atoms with Gasteiger partial charge in [0.2, 0.25) is 0 Å². The molecular weight excluding hydrogens is 188 g/mol. The molecule has 0 heterocycles. The molecule has 0 unspecified atom stereocenters. The Kier molecular flexibility index (Phi) is 4.56. The fourth-order valence-electron chi connectivity index (χ4n) is 1.81. The van der Waals surface area contributed by atoms with Gasteiger partial charge in [-0.25, -0.2) is 0 Å². The van der Waals surface area contributed by atoms with Crippen molar-refractivity contribution in [3.8, 4) is 0 Å². The highest BCUT2D eigenvalue weighted by Crippen LogP contribution is 2.47. The molecule has 0 atom stereocenters. The summed E-state index contributed by atoms with van der Waals surface area (Å²) in [6.45, 7) is 9.98. The average molecular weight is 214 g/mol. The molecule has 0 saturated heterocycles. The van der Waals surface area contributed by atoms with Crippen molar-refractivity contribution < 1.29 is 5.11 Å². The first-order valence-corrected chi connectivity index (χ1v) is 6.04. The molecule has 1 aliphatic carbocycles. The van der Waals surface area contributed by atoms with Crippen LogP contribution in [0.3, 0.4) is 0 Å². The minimum Gasteiger partial charge on any atom is -0.396 e. The summed E-state index contributed by atoms with van der Waals surface area (Å²) < 4.78 is 0. The first-order valence-electron chi connectivity index (χ1n) is 6.04. The Bertz CT molecular complexity index is 183. The third-order valence-corrected chi connectivity index (χ3v) is 3.06. The summed E-state index contributed by atoms with van der Waals surface area (Å²) in [6.07, 6.45) is 3.53. The lowest BCUT2D eigenvalue weighted by Crippen LogP contribution is -2.41. The Morgan fingerprint density at radius 2 is 1.87 bits per heavy atom. The normalized spacial score (nSPS) is 19.2. The Labute approximate surface area is 93.6 Å². The maximum Gasteiger partial charge on any atom is 0.0436 e. The maximum atomic E-state index is 8.91. The molecule has 3 nitrogen and oxygen atoms in total.